The molecule has 0 nitrogen and oxygen atoms in total. The van der Waals surface area contributed by atoms with Gasteiger partial charge in [-0.2, -0.15) is 0 Å². The van der Waals surface area contributed by atoms with Crippen LogP contribution in [0.3, 0.4) is 0 Å². The molecule has 0 heteroatoms. The molecule has 0 aliphatic carbocycles. The molecule has 14 aromatic carbocycles. The molecule has 0 radical (unpaired) electrons. The van der Waals surface area contributed by atoms with Crippen LogP contribution in [0.1, 0.15) is 0 Å². The monoisotopic (exact) mass is 728 g/mol. The average molecular weight is 729 g/mol. The van der Waals surface area contributed by atoms with E-state index >= 15 is 0 Å². The van der Waals surface area contributed by atoms with E-state index < -0.39 is 0 Å². The SMILES string of the molecule is c1ccc(-c2ccccc2-c2c3cc4c(cc3c(-c3ccccc3)c3c5cccc6cccc(c23)c65)c2ccc3c5cccc6cccc(c7ccc4c2c37)c65)cc1. The van der Waals surface area contributed by atoms with Crippen LogP contribution in [0.2, 0.25) is 0 Å². The van der Waals surface area contributed by atoms with Gasteiger partial charge >= 0.3 is 0 Å². The van der Waals surface area contributed by atoms with Crippen molar-refractivity contribution in [3.05, 3.63) is 194 Å². The predicted octanol–water partition coefficient (Wildman–Crippen LogP) is 16.5. The summed E-state index contributed by atoms with van der Waals surface area (Å²) in [5.41, 5.74) is 7.60. The van der Waals surface area contributed by atoms with Crippen LogP contribution in [0.5, 0.6) is 0 Å². The van der Waals surface area contributed by atoms with E-state index in [1.807, 2.05) is 0 Å². The highest BCUT2D eigenvalue weighted by Crippen LogP contribution is 2.55. The molecule has 0 spiro atoms. The molecule has 0 saturated carbocycles. The molecule has 0 aromatic heterocycles. The highest BCUT2D eigenvalue weighted by Gasteiger charge is 2.26. The Hall–Kier alpha value is -7.54. The van der Waals surface area contributed by atoms with Crippen molar-refractivity contribution in [2.75, 3.05) is 0 Å². The second-order valence-electron chi connectivity index (χ2n) is 16.2. The number of fused-ring (bicyclic) bond motifs is 9. The van der Waals surface area contributed by atoms with E-state index in [1.165, 1.54) is 141 Å². The summed E-state index contributed by atoms with van der Waals surface area (Å²) < 4.78 is 0. The molecule has 0 unspecified atom stereocenters. The fraction of sp³-hybridized carbons (Fsp3) is 0. The van der Waals surface area contributed by atoms with Gasteiger partial charge in [0.2, 0.25) is 0 Å². The lowest BCUT2D eigenvalue weighted by atomic mass is 9.83. The van der Waals surface area contributed by atoms with Gasteiger partial charge < -0.3 is 0 Å². The third-order valence-electron chi connectivity index (χ3n) is 13.5. The maximum atomic E-state index is 2.56. The molecule has 0 atom stereocenters. The van der Waals surface area contributed by atoms with E-state index in [0.29, 0.717) is 0 Å². The third kappa shape index (κ3) is 3.80. The van der Waals surface area contributed by atoms with E-state index in [4.69, 9.17) is 0 Å². The Labute approximate surface area is 333 Å². The van der Waals surface area contributed by atoms with Gasteiger partial charge in [-0.15, -0.1) is 0 Å². The molecule has 0 aliphatic heterocycles. The maximum Gasteiger partial charge on any atom is -0.000719 e. The van der Waals surface area contributed by atoms with Gasteiger partial charge in [0.1, 0.15) is 0 Å². The van der Waals surface area contributed by atoms with Gasteiger partial charge in [-0.3, -0.25) is 0 Å². The summed E-state index contributed by atoms with van der Waals surface area (Å²) in [6, 6.07) is 73.2. The largest absolute Gasteiger partial charge is 0.0622 e. The number of benzene rings is 12. The van der Waals surface area contributed by atoms with Crippen molar-refractivity contribution in [1.29, 1.82) is 0 Å². The van der Waals surface area contributed by atoms with Crippen molar-refractivity contribution in [3.63, 3.8) is 0 Å². The lowest BCUT2D eigenvalue weighted by Gasteiger charge is -2.19. The van der Waals surface area contributed by atoms with Crippen molar-refractivity contribution in [1.82, 2.24) is 0 Å². The van der Waals surface area contributed by atoms with Gasteiger partial charge in [-0.1, -0.05) is 182 Å². The Kier molecular flexibility index (Phi) is 5.85. The summed E-state index contributed by atoms with van der Waals surface area (Å²) in [5.74, 6) is 0. The molecule has 14 aromatic rings. The zero-order valence-electron chi connectivity index (χ0n) is 31.5. The van der Waals surface area contributed by atoms with Crippen LogP contribution < -0.4 is 0 Å². The number of hydrogen-bond donors (Lipinski definition) is 0. The minimum atomic E-state index is 1.23. The first-order valence-corrected chi connectivity index (χ1v) is 20.4. The summed E-state index contributed by atoms with van der Waals surface area (Å²) in [6.45, 7) is 0. The minimum absolute atomic E-state index is 1.23. The van der Waals surface area contributed by atoms with Crippen molar-refractivity contribution in [2.45, 2.75) is 0 Å². The minimum Gasteiger partial charge on any atom is -0.0622 e. The van der Waals surface area contributed by atoms with E-state index in [0.717, 1.165) is 0 Å². The topological polar surface area (TPSA) is 0 Å². The first kappa shape index (κ1) is 30.7. The molecule has 0 saturated heterocycles. The zero-order valence-corrected chi connectivity index (χ0v) is 31.5. The summed E-state index contributed by atoms with van der Waals surface area (Å²) in [7, 11) is 0. The Morgan fingerprint density at radius 1 is 0.190 bits per heavy atom. The third-order valence-corrected chi connectivity index (χ3v) is 13.5. The molecule has 14 rings (SSSR count). The van der Waals surface area contributed by atoms with Gasteiger partial charge in [0, 0.05) is 0 Å². The fourth-order valence-corrected chi connectivity index (χ4v) is 11.2. The van der Waals surface area contributed by atoms with E-state index in [1.54, 1.807) is 0 Å². The predicted molar refractivity (Wildman–Crippen MR) is 251 cm³/mol. The highest BCUT2D eigenvalue weighted by atomic mass is 14.3. The highest BCUT2D eigenvalue weighted by molar-refractivity contribution is 6.45. The fourth-order valence-electron chi connectivity index (χ4n) is 11.2. The first-order valence-electron chi connectivity index (χ1n) is 20.4. The summed E-state index contributed by atoms with van der Waals surface area (Å²) >= 11 is 0. The Morgan fingerprint density at radius 2 is 0.586 bits per heavy atom. The molecular formula is C58H32. The normalized spacial score (nSPS) is 12.5. The van der Waals surface area contributed by atoms with Crippen LogP contribution in [0.4, 0.5) is 0 Å². The van der Waals surface area contributed by atoms with Crippen LogP contribution >= 0.6 is 0 Å². The van der Waals surface area contributed by atoms with Crippen LogP contribution in [0.15, 0.2) is 194 Å². The van der Waals surface area contributed by atoms with E-state index in [2.05, 4.69) is 194 Å². The van der Waals surface area contributed by atoms with Crippen molar-refractivity contribution >= 4 is 108 Å². The number of hydrogen-bond acceptors (Lipinski definition) is 0. The zero-order chi connectivity index (χ0) is 37.6. The Morgan fingerprint density at radius 3 is 1.14 bits per heavy atom. The molecule has 0 N–H and O–H groups in total. The summed E-state index contributed by atoms with van der Waals surface area (Å²) in [6.07, 6.45) is 0. The standard InChI is InChI=1S/C58H32/c1-3-13-33(14-4-1)37-21-7-8-22-38(37)56-50-32-48-44-30-28-42-40-24-10-18-34-17-9-23-39(51(34)40)41-27-29-43(55(44)54(41)42)47(48)31-49(50)53(36-15-5-2-6-16-36)57-45-25-11-19-35-20-12-26-46(52(35)45)58(56)57/h1-32H. The van der Waals surface area contributed by atoms with Crippen molar-refractivity contribution < 1.29 is 0 Å². The van der Waals surface area contributed by atoms with Crippen LogP contribution in [-0.2, 0) is 0 Å². The lowest BCUT2D eigenvalue weighted by molar-refractivity contribution is 1.61. The molecule has 0 aliphatic rings. The van der Waals surface area contributed by atoms with Gasteiger partial charge in [0.25, 0.3) is 0 Å². The van der Waals surface area contributed by atoms with Crippen molar-refractivity contribution in [2.24, 2.45) is 0 Å². The lowest BCUT2D eigenvalue weighted by Crippen LogP contribution is -1.92. The quantitative estimate of drug-likeness (QED) is 0.126. The summed E-state index contributed by atoms with van der Waals surface area (Å²) in [5, 5.41) is 26.5. The average Bonchev–Trinajstić information content (AvgIpc) is 3.79. The van der Waals surface area contributed by atoms with Crippen LogP contribution in [-0.4, -0.2) is 0 Å². The summed E-state index contributed by atoms with van der Waals surface area (Å²) in [4.78, 5) is 0. The van der Waals surface area contributed by atoms with Gasteiger partial charge in [0.05, 0.1) is 0 Å². The van der Waals surface area contributed by atoms with Gasteiger partial charge in [0.15, 0.2) is 0 Å². The molecule has 0 amide bonds. The van der Waals surface area contributed by atoms with Crippen LogP contribution in [0, 0.1) is 0 Å². The first-order chi connectivity index (χ1) is 28.8. The Bertz CT molecular complexity index is 3930. The van der Waals surface area contributed by atoms with Gasteiger partial charge in [-0.25, -0.2) is 0 Å². The Balaban J connectivity index is 1.25. The molecule has 0 bridgehead atoms. The molecular weight excluding hydrogens is 697 g/mol. The van der Waals surface area contributed by atoms with Gasteiger partial charge in [-0.05, 0) is 153 Å². The van der Waals surface area contributed by atoms with Crippen molar-refractivity contribution in [3.8, 4) is 33.4 Å². The molecule has 0 fully saturated rings. The van der Waals surface area contributed by atoms with E-state index in [9.17, 15) is 0 Å². The maximum absolute atomic E-state index is 2.56. The number of rotatable bonds is 3. The second kappa shape index (κ2) is 11.1. The molecule has 58 heavy (non-hydrogen) atoms. The molecule has 264 valence electrons. The van der Waals surface area contributed by atoms with Crippen LogP contribution in [0.25, 0.3) is 141 Å². The van der Waals surface area contributed by atoms with E-state index in [-0.39, 0.29) is 0 Å². The smallest absolute Gasteiger partial charge is 0.000719 e. The molecule has 0 heterocycles. The second-order valence-corrected chi connectivity index (χ2v) is 16.2.